The molecule has 1 aromatic heterocycles. The Labute approximate surface area is 172 Å². The minimum atomic E-state index is -0.182. The molecule has 1 aliphatic carbocycles. The van der Waals surface area contributed by atoms with E-state index in [-0.39, 0.29) is 11.8 Å². The maximum absolute atomic E-state index is 12.6. The fourth-order valence-electron chi connectivity index (χ4n) is 3.02. The van der Waals surface area contributed by atoms with E-state index in [2.05, 4.69) is 10.6 Å². The van der Waals surface area contributed by atoms with Crippen molar-refractivity contribution in [2.24, 2.45) is 0 Å². The maximum Gasteiger partial charge on any atom is 0.265 e. The lowest BCUT2D eigenvalue weighted by Gasteiger charge is -2.16. The first-order chi connectivity index (χ1) is 13.5. The largest absolute Gasteiger partial charge is 0.349 e. The van der Waals surface area contributed by atoms with Gasteiger partial charge in [-0.05, 0) is 66.6 Å². The number of rotatable bonds is 5. The lowest BCUT2D eigenvalue weighted by Crippen LogP contribution is -2.25. The van der Waals surface area contributed by atoms with E-state index >= 15 is 0 Å². The average Bonchev–Trinajstić information content (AvgIpc) is 3.31. The summed E-state index contributed by atoms with van der Waals surface area (Å²) in [6.07, 6.45) is 2.07. The third-order valence-corrected chi connectivity index (χ3v) is 5.87. The number of benzene rings is 2. The molecule has 1 heterocycles. The fraction of sp³-hybridized carbons (Fsp3) is 0.182. The Hall–Kier alpha value is -2.63. The highest BCUT2D eigenvalue weighted by Gasteiger charge is 2.24. The average molecular weight is 411 g/mol. The monoisotopic (exact) mass is 410 g/mol. The van der Waals surface area contributed by atoms with Crippen molar-refractivity contribution in [3.05, 3.63) is 74.9 Å². The number of aryl methyl sites for hydroxylation is 1. The second-order valence-corrected chi connectivity index (χ2v) is 8.23. The van der Waals surface area contributed by atoms with Crippen LogP contribution in [0.5, 0.6) is 0 Å². The number of thiophene rings is 1. The van der Waals surface area contributed by atoms with E-state index < -0.39 is 0 Å². The Morgan fingerprint density at radius 1 is 1.07 bits per heavy atom. The standard InChI is InChI=1S/C22H19ClN2O2S/c1-13-7-8-14(21(26)24-15-9-10-15)12-16(13)20-17(23)4-2-5-18(20)25-22(27)19-6-3-11-28-19/h2-8,11-12,15H,9-10H2,1H3,(H,24,26)(H,25,27). The molecule has 6 heteroatoms. The third kappa shape index (κ3) is 3.96. The minimum Gasteiger partial charge on any atom is -0.349 e. The summed E-state index contributed by atoms with van der Waals surface area (Å²) >= 11 is 7.90. The second-order valence-electron chi connectivity index (χ2n) is 6.87. The van der Waals surface area contributed by atoms with Crippen molar-refractivity contribution < 1.29 is 9.59 Å². The summed E-state index contributed by atoms with van der Waals surface area (Å²) in [6, 6.07) is 14.9. The van der Waals surface area contributed by atoms with E-state index in [1.54, 1.807) is 18.2 Å². The summed E-state index contributed by atoms with van der Waals surface area (Å²) in [5, 5.41) is 8.35. The van der Waals surface area contributed by atoms with Crippen molar-refractivity contribution in [3.8, 4) is 11.1 Å². The van der Waals surface area contributed by atoms with Gasteiger partial charge in [-0.15, -0.1) is 11.3 Å². The third-order valence-electron chi connectivity index (χ3n) is 4.69. The highest BCUT2D eigenvalue weighted by molar-refractivity contribution is 7.12. The predicted octanol–water partition coefficient (Wildman–Crippen LogP) is 5.52. The zero-order chi connectivity index (χ0) is 19.7. The number of hydrogen-bond donors (Lipinski definition) is 2. The lowest BCUT2D eigenvalue weighted by atomic mass is 9.96. The van der Waals surface area contributed by atoms with Gasteiger partial charge in [0.1, 0.15) is 0 Å². The van der Waals surface area contributed by atoms with Gasteiger partial charge in [0.25, 0.3) is 11.8 Å². The van der Waals surface area contributed by atoms with Gasteiger partial charge >= 0.3 is 0 Å². The van der Waals surface area contributed by atoms with Crippen molar-refractivity contribution in [1.29, 1.82) is 0 Å². The van der Waals surface area contributed by atoms with Gasteiger partial charge in [0.2, 0.25) is 0 Å². The van der Waals surface area contributed by atoms with Crippen molar-refractivity contribution in [3.63, 3.8) is 0 Å². The van der Waals surface area contributed by atoms with Crippen LogP contribution in [0.1, 0.15) is 38.4 Å². The zero-order valence-electron chi connectivity index (χ0n) is 15.3. The van der Waals surface area contributed by atoms with E-state index in [9.17, 15) is 9.59 Å². The molecule has 2 N–H and O–H groups in total. The van der Waals surface area contributed by atoms with Gasteiger partial charge in [-0.1, -0.05) is 29.8 Å². The van der Waals surface area contributed by atoms with Crippen molar-refractivity contribution in [2.45, 2.75) is 25.8 Å². The molecule has 3 aromatic rings. The molecule has 28 heavy (non-hydrogen) atoms. The molecule has 0 bridgehead atoms. The van der Waals surface area contributed by atoms with Crippen LogP contribution in [0, 0.1) is 6.92 Å². The van der Waals surface area contributed by atoms with Gasteiger partial charge in [-0.3, -0.25) is 9.59 Å². The summed E-state index contributed by atoms with van der Waals surface area (Å²) in [5.41, 5.74) is 3.72. The Morgan fingerprint density at radius 3 is 2.61 bits per heavy atom. The molecule has 1 fully saturated rings. The van der Waals surface area contributed by atoms with E-state index in [4.69, 9.17) is 11.6 Å². The summed E-state index contributed by atoms with van der Waals surface area (Å²) < 4.78 is 0. The molecule has 1 aliphatic rings. The van der Waals surface area contributed by atoms with Gasteiger partial charge in [-0.2, -0.15) is 0 Å². The summed E-state index contributed by atoms with van der Waals surface area (Å²) in [4.78, 5) is 25.7. The first-order valence-corrected chi connectivity index (χ1v) is 10.3. The van der Waals surface area contributed by atoms with E-state index in [0.29, 0.717) is 32.8 Å². The van der Waals surface area contributed by atoms with Crippen molar-refractivity contribution >= 4 is 40.4 Å². The van der Waals surface area contributed by atoms with Crippen LogP contribution in [0.4, 0.5) is 5.69 Å². The number of halogens is 1. The summed E-state index contributed by atoms with van der Waals surface area (Å²) in [5.74, 6) is -0.265. The maximum atomic E-state index is 12.6. The highest BCUT2D eigenvalue weighted by Crippen LogP contribution is 2.37. The molecule has 0 saturated heterocycles. The van der Waals surface area contributed by atoms with Gasteiger partial charge in [0.15, 0.2) is 0 Å². The van der Waals surface area contributed by atoms with Gasteiger partial charge < -0.3 is 10.6 Å². The molecule has 142 valence electrons. The molecule has 1 saturated carbocycles. The van der Waals surface area contributed by atoms with Crippen LogP contribution < -0.4 is 10.6 Å². The first kappa shape index (κ1) is 18.7. The summed E-state index contributed by atoms with van der Waals surface area (Å²) in [6.45, 7) is 1.96. The molecule has 0 aliphatic heterocycles. The minimum absolute atomic E-state index is 0.0834. The Morgan fingerprint density at radius 2 is 1.89 bits per heavy atom. The molecule has 0 spiro atoms. The van der Waals surface area contributed by atoms with Crippen LogP contribution in [0.3, 0.4) is 0 Å². The van der Waals surface area contributed by atoms with Crippen LogP contribution >= 0.6 is 22.9 Å². The lowest BCUT2D eigenvalue weighted by molar-refractivity contribution is 0.0950. The van der Waals surface area contributed by atoms with Crippen LogP contribution in [0.25, 0.3) is 11.1 Å². The Bertz CT molecular complexity index is 1040. The number of amides is 2. The van der Waals surface area contributed by atoms with Crippen LogP contribution in [-0.4, -0.2) is 17.9 Å². The van der Waals surface area contributed by atoms with E-state index in [1.807, 2.05) is 42.6 Å². The molecule has 2 aromatic carbocycles. The molecule has 0 radical (unpaired) electrons. The fourth-order valence-corrected chi connectivity index (χ4v) is 3.92. The second kappa shape index (κ2) is 7.78. The molecular formula is C22H19ClN2O2S. The van der Waals surface area contributed by atoms with Gasteiger partial charge in [-0.25, -0.2) is 0 Å². The molecule has 2 amide bonds. The molecule has 4 rings (SSSR count). The SMILES string of the molecule is Cc1ccc(C(=O)NC2CC2)cc1-c1c(Cl)cccc1NC(=O)c1cccs1. The molecular weight excluding hydrogens is 392 g/mol. The smallest absolute Gasteiger partial charge is 0.265 e. The number of hydrogen-bond acceptors (Lipinski definition) is 3. The molecule has 4 nitrogen and oxygen atoms in total. The number of carbonyl (C=O) groups is 2. The van der Waals surface area contributed by atoms with Crippen LogP contribution in [-0.2, 0) is 0 Å². The number of anilines is 1. The van der Waals surface area contributed by atoms with Crippen molar-refractivity contribution in [1.82, 2.24) is 5.32 Å². The normalized spacial score (nSPS) is 13.2. The Kier molecular flexibility index (Phi) is 5.20. The highest BCUT2D eigenvalue weighted by atomic mass is 35.5. The van der Waals surface area contributed by atoms with Crippen LogP contribution in [0.15, 0.2) is 53.9 Å². The molecule has 0 unspecified atom stereocenters. The number of carbonyl (C=O) groups excluding carboxylic acids is 2. The van der Waals surface area contributed by atoms with Gasteiger partial charge in [0.05, 0.1) is 15.6 Å². The van der Waals surface area contributed by atoms with Gasteiger partial charge in [0, 0.05) is 17.2 Å². The first-order valence-electron chi connectivity index (χ1n) is 9.08. The predicted molar refractivity (Wildman–Crippen MR) is 114 cm³/mol. The van der Waals surface area contributed by atoms with E-state index in [0.717, 1.165) is 24.0 Å². The van der Waals surface area contributed by atoms with E-state index in [1.165, 1.54) is 11.3 Å². The number of nitrogens with one attached hydrogen (secondary N) is 2. The van der Waals surface area contributed by atoms with Crippen LogP contribution in [0.2, 0.25) is 5.02 Å². The topological polar surface area (TPSA) is 58.2 Å². The quantitative estimate of drug-likeness (QED) is 0.581. The van der Waals surface area contributed by atoms with Crippen molar-refractivity contribution in [2.75, 3.05) is 5.32 Å². The Balaban J connectivity index is 1.72. The molecule has 0 atom stereocenters. The zero-order valence-corrected chi connectivity index (χ0v) is 16.9. The summed E-state index contributed by atoms with van der Waals surface area (Å²) in [7, 11) is 0.